The third kappa shape index (κ3) is 2.89. The summed E-state index contributed by atoms with van der Waals surface area (Å²) in [5, 5.41) is 4.09. The second kappa shape index (κ2) is 5.53. The maximum Gasteiger partial charge on any atom is 0.243 e. The summed E-state index contributed by atoms with van der Waals surface area (Å²) in [5.74, 6) is -0.231. The van der Waals surface area contributed by atoms with E-state index in [1.165, 1.54) is 25.7 Å². The van der Waals surface area contributed by atoms with Gasteiger partial charge in [0.05, 0.1) is 0 Å². The van der Waals surface area contributed by atoms with Crippen LogP contribution < -0.4 is 11.1 Å². The molecule has 0 radical (unpaired) electrons. The molecule has 3 rings (SSSR count). The number of hydrogen-bond donors (Lipinski definition) is 2. The van der Waals surface area contributed by atoms with Crippen molar-refractivity contribution in [3.05, 3.63) is 29.3 Å². The van der Waals surface area contributed by atoms with Crippen LogP contribution in [0.4, 0.5) is 5.69 Å². The Morgan fingerprint density at radius 3 is 2.10 bits per heavy atom. The van der Waals surface area contributed by atoms with Crippen molar-refractivity contribution >= 4 is 23.2 Å². The zero-order valence-electron chi connectivity index (χ0n) is 12.3. The minimum Gasteiger partial charge on any atom is -0.371 e. The van der Waals surface area contributed by atoms with E-state index in [4.69, 9.17) is 17.3 Å². The van der Waals surface area contributed by atoms with E-state index in [0.29, 0.717) is 10.4 Å². The number of anilines is 1. The number of carbonyl (C=O) groups is 1. The number of hydrogen-bond acceptors (Lipinski definition) is 2. The molecular formula is C17H23ClN2O. The number of nitrogens with two attached hydrogens (primary N) is 1. The van der Waals surface area contributed by atoms with Gasteiger partial charge in [0.25, 0.3) is 0 Å². The molecule has 0 aromatic heterocycles. The maximum absolute atomic E-state index is 12.1. The minimum atomic E-state index is -0.596. The van der Waals surface area contributed by atoms with E-state index in [0.717, 1.165) is 31.4 Å². The van der Waals surface area contributed by atoms with Crippen LogP contribution in [-0.2, 0) is 4.79 Å². The van der Waals surface area contributed by atoms with E-state index in [-0.39, 0.29) is 5.91 Å². The Bertz CT molecular complexity index is 510. The first-order chi connectivity index (χ1) is 10.0. The molecule has 0 heterocycles. The summed E-state index contributed by atoms with van der Waals surface area (Å²) in [5.41, 5.74) is 6.55. The van der Waals surface area contributed by atoms with Crippen LogP contribution in [0.3, 0.4) is 0 Å². The Labute approximate surface area is 131 Å². The van der Waals surface area contributed by atoms with E-state index < -0.39 is 5.54 Å². The number of primary amides is 1. The zero-order chi connectivity index (χ0) is 14.9. The number of nitrogens with one attached hydrogen (secondary N) is 1. The molecule has 0 saturated heterocycles. The van der Waals surface area contributed by atoms with Gasteiger partial charge in [-0.25, -0.2) is 0 Å². The van der Waals surface area contributed by atoms with Crippen LogP contribution in [-0.4, -0.2) is 11.4 Å². The molecule has 2 saturated carbocycles. The molecular weight excluding hydrogens is 284 g/mol. The second-order valence-corrected chi connectivity index (χ2v) is 7.22. The average Bonchev–Trinajstić information content (AvgIpc) is 2.93. The average molecular weight is 307 g/mol. The summed E-state index contributed by atoms with van der Waals surface area (Å²) in [7, 11) is 0. The molecule has 21 heavy (non-hydrogen) atoms. The summed E-state index contributed by atoms with van der Waals surface area (Å²) < 4.78 is 0. The number of rotatable bonds is 3. The van der Waals surface area contributed by atoms with Crippen molar-refractivity contribution in [2.75, 3.05) is 5.32 Å². The smallest absolute Gasteiger partial charge is 0.243 e. The van der Waals surface area contributed by atoms with Gasteiger partial charge in [0, 0.05) is 10.7 Å². The van der Waals surface area contributed by atoms with Crippen LogP contribution in [0.2, 0.25) is 5.02 Å². The molecule has 0 aliphatic heterocycles. The lowest BCUT2D eigenvalue weighted by Gasteiger charge is -2.44. The Kier molecular flexibility index (Phi) is 3.87. The highest BCUT2D eigenvalue weighted by Crippen LogP contribution is 2.51. The summed E-state index contributed by atoms with van der Waals surface area (Å²) >= 11 is 5.91. The van der Waals surface area contributed by atoms with Crippen molar-refractivity contribution in [2.24, 2.45) is 11.1 Å². The molecule has 0 unspecified atom stereocenters. The maximum atomic E-state index is 12.1. The third-order valence-corrected chi connectivity index (χ3v) is 5.78. The summed E-state index contributed by atoms with van der Waals surface area (Å²) in [6, 6.07) is 7.49. The molecule has 4 heteroatoms. The van der Waals surface area contributed by atoms with Gasteiger partial charge in [-0.3, -0.25) is 4.79 Å². The van der Waals surface area contributed by atoms with Gasteiger partial charge in [-0.2, -0.15) is 0 Å². The molecule has 2 aliphatic carbocycles. The topological polar surface area (TPSA) is 55.1 Å². The van der Waals surface area contributed by atoms with Crippen molar-refractivity contribution in [1.82, 2.24) is 0 Å². The fourth-order valence-electron chi connectivity index (χ4n) is 4.07. The minimum absolute atomic E-state index is 0.231. The van der Waals surface area contributed by atoms with Crippen molar-refractivity contribution in [2.45, 2.75) is 56.9 Å². The lowest BCUT2D eigenvalue weighted by Crippen LogP contribution is -2.54. The highest BCUT2D eigenvalue weighted by molar-refractivity contribution is 6.30. The van der Waals surface area contributed by atoms with Crippen LogP contribution in [0.5, 0.6) is 0 Å². The van der Waals surface area contributed by atoms with E-state index in [1.807, 2.05) is 24.3 Å². The fourth-order valence-corrected chi connectivity index (χ4v) is 4.20. The first kappa shape index (κ1) is 14.7. The van der Waals surface area contributed by atoms with Gasteiger partial charge in [-0.05, 0) is 68.2 Å². The van der Waals surface area contributed by atoms with Crippen molar-refractivity contribution in [1.29, 1.82) is 0 Å². The standard InChI is InChI=1S/C17H23ClN2O/c18-13-3-5-14(6-4-13)20-17(15(19)21)11-9-16(10-12-17)7-1-2-8-16/h3-6,20H,1-2,7-12H2,(H2,19,21). The Hall–Kier alpha value is -1.22. The van der Waals surface area contributed by atoms with Gasteiger partial charge >= 0.3 is 0 Å². The summed E-state index contributed by atoms with van der Waals surface area (Å²) in [6.45, 7) is 0. The van der Waals surface area contributed by atoms with Crippen molar-refractivity contribution in [3.8, 4) is 0 Å². The molecule has 0 atom stereocenters. The highest BCUT2D eigenvalue weighted by Gasteiger charge is 2.46. The first-order valence-electron chi connectivity index (χ1n) is 7.87. The lowest BCUT2D eigenvalue weighted by atomic mass is 9.66. The van der Waals surface area contributed by atoms with Crippen LogP contribution in [0.25, 0.3) is 0 Å². The van der Waals surface area contributed by atoms with E-state index in [9.17, 15) is 4.79 Å². The second-order valence-electron chi connectivity index (χ2n) is 6.79. The molecule has 1 spiro atoms. The number of amides is 1. The van der Waals surface area contributed by atoms with E-state index in [2.05, 4.69) is 5.32 Å². The predicted octanol–water partition coefficient (Wildman–Crippen LogP) is 4.11. The zero-order valence-corrected chi connectivity index (χ0v) is 13.1. The van der Waals surface area contributed by atoms with E-state index in [1.54, 1.807) is 0 Å². The molecule has 1 amide bonds. The summed E-state index contributed by atoms with van der Waals surface area (Å²) in [6.07, 6.45) is 9.22. The molecule has 2 fully saturated rings. The monoisotopic (exact) mass is 306 g/mol. The normalized spacial score (nSPS) is 23.1. The Morgan fingerprint density at radius 2 is 1.57 bits per heavy atom. The van der Waals surface area contributed by atoms with Gasteiger partial charge in [0.15, 0.2) is 0 Å². The van der Waals surface area contributed by atoms with Gasteiger partial charge in [0.2, 0.25) is 5.91 Å². The SMILES string of the molecule is NC(=O)C1(Nc2ccc(Cl)cc2)CCC2(CCCC2)CC1. The molecule has 1 aromatic rings. The fraction of sp³-hybridized carbons (Fsp3) is 0.588. The van der Waals surface area contributed by atoms with Gasteiger partial charge in [0.1, 0.15) is 5.54 Å². The molecule has 3 N–H and O–H groups in total. The first-order valence-corrected chi connectivity index (χ1v) is 8.25. The third-order valence-electron chi connectivity index (χ3n) is 5.53. The summed E-state index contributed by atoms with van der Waals surface area (Å²) in [4.78, 5) is 12.1. The molecule has 0 bridgehead atoms. The van der Waals surface area contributed by atoms with Crippen LogP contribution in [0.1, 0.15) is 51.4 Å². The van der Waals surface area contributed by atoms with Crippen LogP contribution in [0, 0.1) is 5.41 Å². The van der Waals surface area contributed by atoms with E-state index >= 15 is 0 Å². The highest BCUT2D eigenvalue weighted by atomic mass is 35.5. The molecule has 2 aliphatic rings. The number of carbonyl (C=O) groups excluding carboxylic acids is 1. The van der Waals surface area contributed by atoms with Gasteiger partial charge in [-0.15, -0.1) is 0 Å². The lowest BCUT2D eigenvalue weighted by molar-refractivity contribution is -0.124. The molecule has 1 aromatic carbocycles. The largest absolute Gasteiger partial charge is 0.371 e. The molecule has 3 nitrogen and oxygen atoms in total. The van der Waals surface area contributed by atoms with Crippen LogP contribution >= 0.6 is 11.6 Å². The number of benzene rings is 1. The quantitative estimate of drug-likeness (QED) is 0.883. The van der Waals surface area contributed by atoms with Crippen molar-refractivity contribution < 1.29 is 4.79 Å². The predicted molar refractivity (Wildman–Crippen MR) is 86.4 cm³/mol. The van der Waals surface area contributed by atoms with Gasteiger partial charge in [-0.1, -0.05) is 24.4 Å². The Morgan fingerprint density at radius 1 is 1.00 bits per heavy atom. The molecule has 114 valence electrons. The van der Waals surface area contributed by atoms with Crippen LogP contribution in [0.15, 0.2) is 24.3 Å². The number of halogens is 1. The van der Waals surface area contributed by atoms with Gasteiger partial charge < -0.3 is 11.1 Å². The Balaban J connectivity index is 1.75. The van der Waals surface area contributed by atoms with Crippen molar-refractivity contribution in [3.63, 3.8) is 0 Å².